The van der Waals surface area contributed by atoms with Gasteiger partial charge in [-0.1, -0.05) is 25.1 Å². The molecule has 40 heavy (non-hydrogen) atoms. The number of carbonyl (C=O) groups excluding carboxylic acids is 3. The molecule has 0 aliphatic heterocycles. The van der Waals surface area contributed by atoms with E-state index in [9.17, 15) is 19.2 Å². The zero-order chi connectivity index (χ0) is 29.1. The van der Waals surface area contributed by atoms with Crippen LogP contribution in [-0.4, -0.2) is 45.4 Å². The molecule has 1 aromatic carbocycles. The Bertz CT molecular complexity index is 1650. The van der Waals surface area contributed by atoms with Gasteiger partial charge in [-0.3, -0.25) is 19.5 Å². The Kier molecular flexibility index (Phi) is 8.22. The molecule has 0 aliphatic rings. The second kappa shape index (κ2) is 11.6. The maximum Gasteiger partial charge on any atom is 0.344 e. The molecule has 0 spiro atoms. The van der Waals surface area contributed by atoms with Gasteiger partial charge in [0.15, 0.2) is 0 Å². The quantitative estimate of drug-likeness (QED) is 0.299. The number of carbonyl (C=O) groups is 3. The van der Waals surface area contributed by atoms with Crippen LogP contribution in [0.5, 0.6) is 0 Å². The Labute approximate surface area is 230 Å². The Hall–Kier alpha value is -4.67. The molecule has 0 aliphatic carbocycles. The number of rotatable bonds is 9. The number of esters is 2. The summed E-state index contributed by atoms with van der Waals surface area (Å²) in [7, 11) is 0. The topological polar surface area (TPSA) is 135 Å². The minimum Gasteiger partial charge on any atom is -0.462 e. The molecule has 210 valence electrons. The maximum absolute atomic E-state index is 13.8. The summed E-state index contributed by atoms with van der Waals surface area (Å²) in [5.41, 5.74) is 1.85. The first-order valence-corrected chi connectivity index (χ1v) is 13.1. The number of nitrogens with zero attached hydrogens (tertiary/aromatic N) is 3. The van der Waals surface area contributed by atoms with Crippen LogP contribution >= 0.6 is 0 Å². The minimum atomic E-state index is -1.01. The first kappa shape index (κ1) is 28.3. The number of furan rings is 1. The summed E-state index contributed by atoms with van der Waals surface area (Å²) in [4.78, 5) is 52.8. The van der Waals surface area contributed by atoms with Crippen molar-refractivity contribution in [3.8, 4) is 5.69 Å². The molecule has 0 saturated carbocycles. The van der Waals surface area contributed by atoms with Gasteiger partial charge in [-0.05, 0) is 58.7 Å². The number of amides is 1. The summed E-state index contributed by atoms with van der Waals surface area (Å²) in [6.07, 6.45) is 0.224. The molecule has 3 aromatic heterocycles. The van der Waals surface area contributed by atoms with Crippen LogP contribution in [0, 0.1) is 20.8 Å². The van der Waals surface area contributed by atoms with Crippen LogP contribution in [-0.2, 0) is 14.3 Å². The number of nitrogens with one attached hydrogen (secondary N) is 1. The number of anilines is 1. The molecule has 11 heteroatoms. The number of aromatic nitrogens is 3. The van der Waals surface area contributed by atoms with Crippen LogP contribution in [0.1, 0.15) is 71.0 Å². The van der Waals surface area contributed by atoms with E-state index in [2.05, 4.69) is 10.4 Å². The number of para-hydroxylation sites is 1. The Balaban J connectivity index is 1.86. The molecule has 3 heterocycles. The highest BCUT2D eigenvalue weighted by Crippen LogP contribution is 2.31. The van der Waals surface area contributed by atoms with E-state index < -0.39 is 29.4 Å². The molecule has 11 nitrogen and oxygen atoms in total. The van der Waals surface area contributed by atoms with Gasteiger partial charge in [0.1, 0.15) is 28.6 Å². The Morgan fingerprint density at radius 3 is 2.20 bits per heavy atom. The second-order valence-corrected chi connectivity index (χ2v) is 9.16. The summed E-state index contributed by atoms with van der Waals surface area (Å²) in [5.74, 6) is -2.43. The van der Waals surface area contributed by atoms with E-state index in [0.29, 0.717) is 11.3 Å². The number of hydrogen-bond donors (Lipinski definition) is 1. The average molecular weight is 549 g/mol. The predicted octanol–water partition coefficient (Wildman–Crippen LogP) is 4.65. The largest absolute Gasteiger partial charge is 0.462 e. The lowest BCUT2D eigenvalue weighted by Gasteiger charge is -2.20. The molecule has 0 fully saturated rings. The third-order valence-electron chi connectivity index (χ3n) is 6.52. The van der Waals surface area contributed by atoms with Crippen molar-refractivity contribution in [1.29, 1.82) is 0 Å². The van der Waals surface area contributed by atoms with Crippen LogP contribution in [0.3, 0.4) is 0 Å². The highest BCUT2D eigenvalue weighted by Gasteiger charge is 2.33. The first-order chi connectivity index (χ1) is 19.1. The van der Waals surface area contributed by atoms with Gasteiger partial charge in [0.2, 0.25) is 11.8 Å². The maximum atomic E-state index is 13.8. The second-order valence-electron chi connectivity index (χ2n) is 9.16. The molecule has 1 atom stereocenters. The van der Waals surface area contributed by atoms with Gasteiger partial charge < -0.3 is 13.9 Å². The molecule has 0 saturated heterocycles. The van der Waals surface area contributed by atoms with Gasteiger partial charge in [-0.15, -0.1) is 0 Å². The molecule has 4 rings (SSSR count). The highest BCUT2D eigenvalue weighted by atomic mass is 16.5. The van der Waals surface area contributed by atoms with Crippen LogP contribution in [0.15, 0.2) is 45.6 Å². The number of hydrogen-bond acceptors (Lipinski definition) is 8. The van der Waals surface area contributed by atoms with Crippen molar-refractivity contribution in [2.45, 2.75) is 54.0 Å². The van der Waals surface area contributed by atoms with E-state index in [1.54, 1.807) is 25.5 Å². The molecular formula is C29H32N4O7. The van der Waals surface area contributed by atoms with E-state index in [1.165, 1.54) is 17.6 Å². The molecule has 1 unspecified atom stereocenters. The van der Waals surface area contributed by atoms with Crippen LogP contribution in [0.4, 0.5) is 5.88 Å². The summed E-state index contributed by atoms with van der Waals surface area (Å²) >= 11 is 0. The summed E-state index contributed by atoms with van der Waals surface area (Å²) in [6.45, 7) is 10.3. The van der Waals surface area contributed by atoms with Gasteiger partial charge in [0.05, 0.1) is 24.6 Å². The monoisotopic (exact) mass is 548 g/mol. The van der Waals surface area contributed by atoms with E-state index >= 15 is 0 Å². The van der Waals surface area contributed by atoms with Crippen molar-refractivity contribution in [1.82, 2.24) is 14.3 Å². The van der Waals surface area contributed by atoms with E-state index in [1.807, 2.05) is 44.2 Å². The number of aryl methyl sites for hydroxylation is 3. The molecule has 4 aromatic rings. The number of ether oxygens (including phenoxy) is 2. The van der Waals surface area contributed by atoms with Crippen molar-refractivity contribution in [3.05, 3.63) is 74.9 Å². The number of benzene rings is 1. The van der Waals surface area contributed by atoms with Gasteiger partial charge in [-0.25, -0.2) is 14.3 Å². The predicted molar refractivity (Wildman–Crippen MR) is 148 cm³/mol. The standard InChI is InChI=1S/C29H32N4O7/c1-7-20(25(35)30-26-24(29(37)39-9-3)23(18(6)40-26)28(36)38-8-2)32-21(34)15-16(4)22-17(5)31-33(27(22)32)19-13-11-10-12-14-19/h10-15,20H,7-9H2,1-6H3,(H,30,35). The van der Waals surface area contributed by atoms with E-state index in [4.69, 9.17) is 13.9 Å². The normalized spacial score (nSPS) is 11.8. The third-order valence-corrected chi connectivity index (χ3v) is 6.52. The van der Waals surface area contributed by atoms with Crippen molar-refractivity contribution in [2.24, 2.45) is 0 Å². The molecular weight excluding hydrogens is 516 g/mol. The van der Waals surface area contributed by atoms with E-state index in [0.717, 1.165) is 16.6 Å². The highest BCUT2D eigenvalue weighted by molar-refractivity contribution is 6.09. The van der Waals surface area contributed by atoms with Crippen molar-refractivity contribution in [3.63, 3.8) is 0 Å². The number of fused-ring (bicyclic) bond motifs is 1. The fourth-order valence-corrected chi connectivity index (χ4v) is 4.84. The van der Waals surface area contributed by atoms with Crippen molar-refractivity contribution in [2.75, 3.05) is 18.5 Å². The number of pyridine rings is 1. The zero-order valence-electron chi connectivity index (χ0n) is 23.4. The van der Waals surface area contributed by atoms with Crippen molar-refractivity contribution >= 4 is 34.8 Å². The van der Waals surface area contributed by atoms with Crippen LogP contribution in [0.2, 0.25) is 0 Å². The third kappa shape index (κ3) is 5.02. The van der Waals surface area contributed by atoms with Crippen LogP contribution < -0.4 is 10.9 Å². The first-order valence-electron chi connectivity index (χ1n) is 13.1. The van der Waals surface area contributed by atoms with Gasteiger partial charge in [-0.2, -0.15) is 5.10 Å². The zero-order valence-corrected chi connectivity index (χ0v) is 23.4. The molecule has 0 radical (unpaired) electrons. The minimum absolute atomic E-state index is 0.0376. The Morgan fingerprint density at radius 2 is 1.60 bits per heavy atom. The van der Waals surface area contributed by atoms with E-state index in [-0.39, 0.29) is 42.4 Å². The summed E-state index contributed by atoms with van der Waals surface area (Å²) in [6, 6.07) is 9.77. The Morgan fingerprint density at radius 1 is 0.975 bits per heavy atom. The fraction of sp³-hybridized carbons (Fsp3) is 0.345. The lowest BCUT2D eigenvalue weighted by molar-refractivity contribution is -0.119. The fourth-order valence-electron chi connectivity index (χ4n) is 4.84. The van der Waals surface area contributed by atoms with Gasteiger partial charge >= 0.3 is 11.9 Å². The SMILES string of the molecule is CCOC(=O)c1c(C)oc(NC(=O)C(CC)n2c(=O)cc(C)c3c(C)nn(-c4ccccc4)c32)c1C(=O)OCC. The van der Waals surface area contributed by atoms with Gasteiger partial charge in [0.25, 0.3) is 5.56 Å². The average Bonchev–Trinajstić information content (AvgIpc) is 3.43. The van der Waals surface area contributed by atoms with Crippen LogP contribution in [0.25, 0.3) is 16.7 Å². The smallest absolute Gasteiger partial charge is 0.344 e. The molecule has 0 bridgehead atoms. The molecule has 1 N–H and O–H groups in total. The summed E-state index contributed by atoms with van der Waals surface area (Å²) < 4.78 is 19.0. The lowest BCUT2D eigenvalue weighted by atomic mass is 10.1. The summed E-state index contributed by atoms with van der Waals surface area (Å²) in [5, 5.41) is 8.06. The van der Waals surface area contributed by atoms with Gasteiger partial charge in [0, 0.05) is 11.5 Å². The van der Waals surface area contributed by atoms with Crippen molar-refractivity contribution < 1.29 is 28.3 Å². The lowest BCUT2D eigenvalue weighted by Crippen LogP contribution is -2.34. The molecule has 1 amide bonds.